The molecule has 0 amide bonds. The molecular formula is C29H39N5O5. The normalized spacial score (nSPS) is 16.8. The molecule has 0 radical (unpaired) electrons. The van der Waals surface area contributed by atoms with Gasteiger partial charge in [0.15, 0.2) is 11.6 Å². The van der Waals surface area contributed by atoms with E-state index in [2.05, 4.69) is 20.2 Å². The van der Waals surface area contributed by atoms with Gasteiger partial charge in [0.2, 0.25) is 0 Å². The van der Waals surface area contributed by atoms with Crippen LogP contribution in [0.1, 0.15) is 36.8 Å². The first-order valence-corrected chi connectivity index (χ1v) is 13.1. The van der Waals surface area contributed by atoms with Crippen LogP contribution < -0.4 is 34.9 Å². The smallest absolute Gasteiger partial charge is 0.158 e. The van der Waals surface area contributed by atoms with E-state index in [0.717, 1.165) is 36.8 Å². The van der Waals surface area contributed by atoms with Gasteiger partial charge in [-0.15, -0.1) is 0 Å². The Morgan fingerprint density at radius 3 is 2.05 bits per heavy atom. The molecule has 210 valence electrons. The number of anilines is 3. The van der Waals surface area contributed by atoms with Gasteiger partial charge in [0.05, 0.1) is 28.4 Å². The van der Waals surface area contributed by atoms with E-state index in [9.17, 15) is 5.11 Å². The van der Waals surface area contributed by atoms with Crippen molar-refractivity contribution in [1.82, 2.24) is 9.97 Å². The molecule has 0 spiro atoms. The highest BCUT2D eigenvalue weighted by molar-refractivity contribution is 5.75. The van der Waals surface area contributed by atoms with Gasteiger partial charge in [0, 0.05) is 49.0 Å². The van der Waals surface area contributed by atoms with Gasteiger partial charge >= 0.3 is 0 Å². The second kappa shape index (κ2) is 13.2. The molecule has 1 fully saturated rings. The standard InChI is InChI=1S/C29H39N5O5/c1-36-23-10-8-20(25(13-23)38-3)15-34(16-21-9-11-24(37-2)14-26(21)39-4)29-27(30)28(31-18-32-29)33-22-7-5-6-19(12-22)17-35/h8-11,13-14,18-19,22,35H,5-7,12,15-17,30H2,1-4H3,(H,31,32,33). The molecule has 3 aromatic rings. The molecular weight excluding hydrogens is 498 g/mol. The number of rotatable bonds is 12. The predicted molar refractivity (Wildman–Crippen MR) is 152 cm³/mol. The number of nitrogens with one attached hydrogen (secondary N) is 1. The molecule has 1 aromatic heterocycles. The molecule has 2 unspecified atom stereocenters. The molecule has 4 N–H and O–H groups in total. The molecule has 0 aliphatic heterocycles. The van der Waals surface area contributed by atoms with Crippen molar-refractivity contribution in [2.24, 2.45) is 5.92 Å². The second-order valence-corrected chi connectivity index (χ2v) is 9.73. The average Bonchev–Trinajstić information content (AvgIpc) is 2.98. The first kappa shape index (κ1) is 28.1. The summed E-state index contributed by atoms with van der Waals surface area (Å²) in [5, 5.41) is 13.2. The maximum Gasteiger partial charge on any atom is 0.158 e. The third kappa shape index (κ3) is 6.75. The number of hydrogen-bond donors (Lipinski definition) is 3. The van der Waals surface area contributed by atoms with Crippen molar-refractivity contribution in [3.05, 3.63) is 53.9 Å². The lowest BCUT2D eigenvalue weighted by molar-refractivity contribution is 0.184. The molecule has 10 heteroatoms. The molecule has 0 saturated heterocycles. The van der Waals surface area contributed by atoms with Crippen molar-refractivity contribution in [3.8, 4) is 23.0 Å². The fourth-order valence-electron chi connectivity index (χ4n) is 5.12. The molecule has 2 aromatic carbocycles. The van der Waals surface area contributed by atoms with Crippen molar-refractivity contribution in [3.63, 3.8) is 0 Å². The quantitative estimate of drug-likeness (QED) is 0.309. The van der Waals surface area contributed by atoms with Gasteiger partial charge in [-0.05, 0) is 49.4 Å². The Balaban J connectivity index is 1.70. The van der Waals surface area contributed by atoms with E-state index in [-0.39, 0.29) is 12.6 Å². The molecule has 39 heavy (non-hydrogen) atoms. The maximum absolute atomic E-state index is 9.66. The molecule has 1 heterocycles. The van der Waals surface area contributed by atoms with Gasteiger partial charge in [0.25, 0.3) is 0 Å². The van der Waals surface area contributed by atoms with Gasteiger partial charge in [-0.1, -0.05) is 6.42 Å². The third-order valence-electron chi connectivity index (χ3n) is 7.26. The zero-order chi connectivity index (χ0) is 27.8. The number of aliphatic hydroxyl groups is 1. The van der Waals surface area contributed by atoms with Crippen LogP contribution in [-0.2, 0) is 13.1 Å². The van der Waals surface area contributed by atoms with E-state index in [1.807, 2.05) is 36.4 Å². The highest BCUT2D eigenvalue weighted by Gasteiger charge is 2.24. The number of nitrogen functional groups attached to an aromatic ring is 1. The van der Waals surface area contributed by atoms with Gasteiger partial charge in [-0.2, -0.15) is 0 Å². The summed E-state index contributed by atoms with van der Waals surface area (Å²) < 4.78 is 22.1. The topological polar surface area (TPSA) is 124 Å². The van der Waals surface area contributed by atoms with Gasteiger partial charge in [-0.25, -0.2) is 9.97 Å². The summed E-state index contributed by atoms with van der Waals surface area (Å²) in [6.07, 6.45) is 5.52. The van der Waals surface area contributed by atoms with Crippen molar-refractivity contribution >= 4 is 17.3 Å². The molecule has 2 atom stereocenters. The summed E-state index contributed by atoms with van der Waals surface area (Å²) in [5.41, 5.74) is 9.07. The number of benzene rings is 2. The minimum absolute atomic E-state index is 0.192. The lowest BCUT2D eigenvalue weighted by Gasteiger charge is -2.30. The fraction of sp³-hybridized carbons (Fsp3) is 0.448. The SMILES string of the molecule is COc1ccc(CN(Cc2ccc(OC)cc2OC)c2ncnc(NC3CCCC(CO)C3)c2N)c(OC)c1. The average molecular weight is 538 g/mol. The maximum atomic E-state index is 9.66. The van der Waals surface area contributed by atoms with E-state index in [1.54, 1.807) is 28.4 Å². The first-order valence-electron chi connectivity index (χ1n) is 13.1. The van der Waals surface area contributed by atoms with Crippen molar-refractivity contribution in [2.75, 3.05) is 51.0 Å². The largest absolute Gasteiger partial charge is 0.497 e. The number of methoxy groups -OCH3 is 4. The van der Waals surface area contributed by atoms with Gasteiger partial charge < -0.3 is 40.0 Å². The summed E-state index contributed by atoms with van der Waals surface area (Å²) in [7, 11) is 6.53. The van der Waals surface area contributed by atoms with Crippen LogP contribution in [0, 0.1) is 5.92 Å². The third-order valence-corrected chi connectivity index (χ3v) is 7.26. The predicted octanol–water partition coefficient (Wildman–Crippen LogP) is 4.26. The fourth-order valence-corrected chi connectivity index (χ4v) is 5.12. The van der Waals surface area contributed by atoms with Crippen molar-refractivity contribution in [2.45, 2.75) is 44.8 Å². The number of aliphatic hydroxyl groups excluding tert-OH is 1. The molecule has 4 rings (SSSR count). The van der Waals surface area contributed by atoms with E-state index in [4.69, 9.17) is 24.7 Å². The summed E-state index contributed by atoms with van der Waals surface area (Å²) in [5.74, 6) is 4.30. The number of aromatic nitrogens is 2. The Labute approximate surface area is 230 Å². The monoisotopic (exact) mass is 537 g/mol. The summed E-state index contributed by atoms with van der Waals surface area (Å²) in [4.78, 5) is 11.2. The Kier molecular flexibility index (Phi) is 9.54. The van der Waals surface area contributed by atoms with Crippen LogP contribution in [0.15, 0.2) is 42.7 Å². The van der Waals surface area contributed by atoms with Crippen molar-refractivity contribution < 1.29 is 24.1 Å². The number of nitrogens with two attached hydrogens (primary N) is 1. The van der Waals surface area contributed by atoms with E-state index >= 15 is 0 Å². The Hall–Kier alpha value is -3.92. The Morgan fingerprint density at radius 2 is 1.51 bits per heavy atom. The lowest BCUT2D eigenvalue weighted by Crippen LogP contribution is -2.30. The highest BCUT2D eigenvalue weighted by atomic mass is 16.5. The van der Waals surface area contributed by atoms with Gasteiger partial charge in [-0.3, -0.25) is 0 Å². The van der Waals surface area contributed by atoms with Crippen LogP contribution in [0.25, 0.3) is 0 Å². The van der Waals surface area contributed by atoms with Crippen LogP contribution >= 0.6 is 0 Å². The van der Waals surface area contributed by atoms with Crippen LogP contribution in [0.2, 0.25) is 0 Å². The van der Waals surface area contributed by atoms with E-state index in [0.29, 0.717) is 59.3 Å². The number of nitrogens with zero attached hydrogens (tertiary/aromatic N) is 3. The number of ether oxygens (including phenoxy) is 4. The number of hydrogen-bond acceptors (Lipinski definition) is 10. The Morgan fingerprint density at radius 1 is 0.897 bits per heavy atom. The minimum atomic E-state index is 0.192. The second-order valence-electron chi connectivity index (χ2n) is 9.73. The van der Waals surface area contributed by atoms with E-state index < -0.39 is 0 Å². The summed E-state index contributed by atoms with van der Waals surface area (Å²) in [6, 6.07) is 11.7. The summed E-state index contributed by atoms with van der Waals surface area (Å²) >= 11 is 0. The lowest BCUT2D eigenvalue weighted by atomic mass is 9.86. The minimum Gasteiger partial charge on any atom is -0.497 e. The van der Waals surface area contributed by atoms with E-state index in [1.165, 1.54) is 6.33 Å². The highest BCUT2D eigenvalue weighted by Crippen LogP contribution is 2.35. The van der Waals surface area contributed by atoms with Crippen LogP contribution in [0.4, 0.5) is 17.3 Å². The molecule has 10 nitrogen and oxygen atoms in total. The zero-order valence-electron chi connectivity index (χ0n) is 23.1. The summed E-state index contributed by atoms with van der Waals surface area (Å²) in [6.45, 7) is 1.11. The molecule has 1 aliphatic rings. The van der Waals surface area contributed by atoms with Crippen LogP contribution in [0.3, 0.4) is 0 Å². The molecule has 1 aliphatic carbocycles. The Bertz CT molecular complexity index is 1180. The first-order chi connectivity index (χ1) is 19.0. The van der Waals surface area contributed by atoms with Crippen LogP contribution in [0.5, 0.6) is 23.0 Å². The molecule has 0 bridgehead atoms. The van der Waals surface area contributed by atoms with Crippen LogP contribution in [-0.4, -0.2) is 56.2 Å². The van der Waals surface area contributed by atoms with Gasteiger partial charge in [0.1, 0.15) is 35.0 Å². The molecule has 1 saturated carbocycles. The van der Waals surface area contributed by atoms with Crippen molar-refractivity contribution in [1.29, 1.82) is 0 Å². The zero-order valence-corrected chi connectivity index (χ0v) is 23.1.